The number of hydrogen-bond acceptors (Lipinski definition) is 4. The topological polar surface area (TPSA) is 82.7 Å². The Bertz CT molecular complexity index is 849. The van der Waals surface area contributed by atoms with Crippen molar-refractivity contribution in [3.05, 3.63) is 65.9 Å². The fourth-order valence-corrected chi connectivity index (χ4v) is 3.27. The summed E-state index contributed by atoms with van der Waals surface area (Å²) in [6.45, 7) is 2.00. The monoisotopic (exact) mass is 364 g/mol. The van der Waals surface area contributed by atoms with Crippen LogP contribution in [0.2, 0.25) is 0 Å². The summed E-state index contributed by atoms with van der Waals surface area (Å²) >= 11 is 0. The zero-order valence-electron chi connectivity index (χ0n) is 15.4. The summed E-state index contributed by atoms with van der Waals surface area (Å²) in [6, 6.07) is 15.5. The van der Waals surface area contributed by atoms with E-state index in [0.717, 1.165) is 29.8 Å². The number of methoxy groups -OCH3 is 1. The number of carbonyl (C=O) groups is 1. The van der Waals surface area contributed by atoms with E-state index in [-0.39, 0.29) is 6.03 Å². The second-order valence-corrected chi connectivity index (χ2v) is 6.35. The number of amides is 2. The van der Waals surface area contributed by atoms with E-state index in [9.17, 15) is 4.79 Å². The number of anilines is 1. The van der Waals surface area contributed by atoms with Gasteiger partial charge in [-0.15, -0.1) is 0 Å². The fourth-order valence-electron chi connectivity index (χ4n) is 3.27. The van der Waals surface area contributed by atoms with Crippen LogP contribution in [-0.2, 0) is 6.54 Å². The largest absolute Gasteiger partial charge is 0.496 e. The second-order valence-electron chi connectivity index (χ2n) is 6.35. The number of benzene rings is 2. The zero-order valence-corrected chi connectivity index (χ0v) is 15.4. The molecule has 27 heavy (non-hydrogen) atoms. The number of nitrogens with two attached hydrogens (primary N) is 1. The minimum absolute atomic E-state index is 0.0125. The fraction of sp³-hybridized carbons (Fsp3) is 0.238. The zero-order chi connectivity index (χ0) is 19.2. The van der Waals surface area contributed by atoms with E-state index in [2.05, 4.69) is 0 Å². The van der Waals surface area contributed by atoms with Crippen molar-refractivity contribution in [3.8, 4) is 5.75 Å². The molecule has 0 saturated carbocycles. The Labute approximate surface area is 159 Å². The maximum Gasteiger partial charge on any atom is 0.324 e. The Morgan fingerprint density at radius 1 is 1.22 bits per heavy atom. The molecule has 1 saturated heterocycles. The van der Waals surface area contributed by atoms with E-state index in [4.69, 9.17) is 15.9 Å². The highest BCUT2D eigenvalue weighted by Gasteiger charge is 2.27. The number of ether oxygens (including phenoxy) is 1. The molecule has 0 unspecified atom stereocenters. The minimum atomic E-state index is -0.0125. The molecule has 3 N–H and O–H groups in total. The lowest BCUT2D eigenvalue weighted by Crippen LogP contribution is -2.49. The summed E-state index contributed by atoms with van der Waals surface area (Å²) in [5.41, 5.74) is 8.78. The first-order valence-corrected chi connectivity index (χ1v) is 8.89. The number of urea groups is 1. The summed E-state index contributed by atoms with van der Waals surface area (Å²) < 4.78 is 5.47. The molecule has 0 aromatic heterocycles. The van der Waals surface area contributed by atoms with Gasteiger partial charge in [0.2, 0.25) is 0 Å². The smallest absolute Gasteiger partial charge is 0.324 e. The van der Waals surface area contributed by atoms with E-state index in [0.29, 0.717) is 24.4 Å². The van der Waals surface area contributed by atoms with Gasteiger partial charge in [0.25, 0.3) is 0 Å². The van der Waals surface area contributed by atoms with E-state index >= 15 is 0 Å². The van der Waals surface area contributed by atoms with Crippen molar-refractivity contribution in [3.63, 3.8) is 0 Å². The molecule has 2 aromatic carbocycles. The maximum absolute atomic E-state index is 13.0. The van der Waals surface area contributed by atoms with Gasteiger partial charge in [0.1, 0.15) is 5.75 Å². The van der Waals surface area contributed by atoms with Crippen molar-refractivity contribution < 1.29 is 9.53 Å². The van der Waals surface area contributed by atoms with E-state index in [1.165, 1.54) is 12.4 Å². The molecule has 3 rings (SSSR count). The molecule has 0 aliphatic carbocycles. The van der Waals surface area contributed by atoms with Crippen LogP contribution in [0.25, 0.3) is 5.57 Å². The second kappa shape index (κ2) is 8.40. The lowest BCUT2D eigenvalue weighted by Gasteiger charge is -2.36. The third kappa shape index (κ3) is 3.95. The van der Waals surface area contributed by atoms with Gasteiger partial charge < -0.3 is 20.8 Å². The summed E-state index contributed by atoms with van der Waals surface area (Å²) in [4.78, 5) is 16.6. The number of rotatable bonds is 6. The average molecular weight is 364 g/mol. The number of nitrogens with one attached hydrogen (secondary N) is 1. The van der Waals surface area contributed by atoms with Gasteiger partial charge in [0.15, 0.2) is 0 Å². The summed E-state index contributed by atoms with van der Waals surface area (Å²) in [7, 11) is 1.57. The van der Waals surface area contributed by atoms with Gasteiger partial charge in [-0.1, -0.05) is 30.3 Å². The minimum Gasteiger partial charge on any atom is -0.496 e. The van der Waals surface area contributed by atoms with Crippen LogP contribution < -0.4 is 15.4 Å². The molecule has 0 spiro atoms. The maximum atomic E-state index is 13.0. The highest BCUT2D eigenvalue weighted by atomic mass is 16.5. The van der Waals surface area contributed by atoms with Crippen molar-refractivity contribution in [1.29, 1.82) is 5.41 Å². The standard InChI is InChI=1S/C21H24N4O2/c1-27-20-12-18(8-9-19(20)17(13-22)14-23)25-11-5-10-24(21(25)26)15-16-6-3-2-4-7-16/h2-4,6-9,12-14,22H,5,10-11,15,23H2,1H3/b17-14+,22-13?. The Morgan fingerprint density at radius 2 is 2.00 bits per heavy atom. The van der Waals surface area contributed by atoms with Gasteiger partial charge in [-0.25, -0.2) is 4.79 Å². The Morgan fingerprint density at radius 3 is 2.67 bits per heavy atom. The van der Waals surface area contributed by atoms with E-state index in [1.807, 2.05) is 53.4 Å². The summed E-state index contributed by atoms with van der Waals surface area (Å²) in [5, 5.41) is 7.48. The highest BCUT2D eigenvalue weighted by molar-refractivity contribution is 6.09. The van der Waals surface area contributed by atoms with Crippen molar-refractivity contribution in [1.82, 2.24) is 4.90 Å². The molecule has 0 atom stereocenters. The highest BCUT2D eigenvalue weighted by Crippen LogP contribution is 2.31. The average Bonchev–Trinajstić information content (AvgIpc) is 2.71. The molecule has 1 aliphatic rings. The number of hydrogen-bond donors (Lipinski definition) is 2. The third-order valence-corrected chi connectivity index (χ3v) is 4.67. The molecular weight excluding hydrogens is 340 g/mol. The Kier molecular flexibility index (Phi) is 5.76. The van der Waals surface area contributed by atoms with Crippen molar-refractivity contribution in [2.45, 2.75) is 13.0 Å². The Hall–Kier alpha value is -3.28. The molecule has 6 heteroatoms. The molecule has 2 amide bonds. The van der Waals surface area contributed by atoms with Gasteiger partial charge in [-0.2, -0.15) is 0 Å². The van der Waals surface area contributed by atoms with Crippen LogP contribution in [0, 0.1) is 5.41 Å². The molecule has 140 valence electrons. The lowest BCUT2D eigenvalue weighted by molar-refractivity contribution is 0.192. The lowest BCUT2D eigenvalue weighted by atomic mass is 10.1. The predicted molar refractivity (Wildman–Crippen MR) is 108 cm³/mol. The molecule has 0 radical (unpaired) electrons. The Balaban J connectivity index is 1.84. The molecule has 1 aliphatic heterocycles. The quantitative estimate of drug-likeness (QED) is 0.770. The summed E-state index contributed by atoms with van der Waals surface area (Å²) in [5.74, 6) is 0.584. The molecule has 0 bridgehead atoms. The van der Waals surface area contributed by atoms with Crippen molar-refractivity contribution in [2.75, 3.05) is 25.1 Å². The van der Waals surface area contributed by atoms with E-state index in [1.54, 1.807) is 12.0 Å². The number of allylic oxidation sites excluding steroid dienone is 1. The normalized spacial score (nSPS) is 15.0. The van der Waals surface area contributed by atoms with Crippen LogP contribution in [0.15, 0.2) is 54.7 Å². The first kappa shape index (κ1) is 18.5. The number of carbonyl (C=O) groups excluding carboxylic acids is 1. The molecule has 1 fully saturated rings. The van der Waals surface area contributed by atoms with Crippen LogP contribution in [0.5, 0.6) is 5.75 Å². The van der Waals surface area contributed by atoms with Crippen LogP contribution in [0.3, 0.4) is 0 Å². The number of nitrogens with zero attached hydrogens (tertiary/aromatic N) is 2. The SMILES string of the molecule is COc1cc(N2CCCN(Cc3ccccc3)C2=O)ccc1/C(C=N)=C/N. The van der Waals surface area contributed by atoms with E-state index < -0.39 is 0 Å². The van der Waals surface area contributed by atoms with Crippen LogP contribution in [0.4, 0.5) is 10.5 Å². The van der Waals surface area contributed by atoms with Gasteiger partial charge in [0.05, 0.1) is 7.11 Å². The first-order valence-electron chi connectivity index (χ1n) is 8.89. The van der Waals surface area contributed by atoms with Gasteiger partial charge >= 0.3 is 6.03 Å². The summed E-state index contributed by atoms with van der Waals surface area (Å²) in [6.07, 6.45) is 3.46. The van der Waals surface area contributed by atoms with Gasteiger partial charge in [-0.3, -0.25) is 4.90 Å². The molecule has 6 nitrogen and oxygen atoms in total. The van der Waals surface area contributed by atoms with Crippen molar-refractivity contribution in [2.24, 2.45) is 5.73 Å². The van der Waals surface area contributed by atoms with Crippen molar-refractivity contribution >= 4 is 23.5 Å². The van der Waals surface area contributed by atoms with Crippen LogP contribution >= 0.6 is 0 Å². The third-order valence-electron chi connectivity index (χ3n) is 4.67. The molecule has 2 aromatic rings. The van der Waals surface area contributed by atoms with Gasteiger partial charge in [0, 0.05) is 54.9 Å². The van der Waals surface area contributed by atoms with Crippen LogP contribution in [0.1, 0.15) is 17.5 Å². The molecular formula is C21H24N4O2. The first-order chi connectivity index (χ1) is 13.2. The van der Waals surface area contributed by atoms with Crippen LogP contribution in [-0.4, -0.2) is 37.3 Å². The van der Waals surface area contributed by atoms with Gasteiger partial charge in [-0.05, 0) is 24.1 Å². The molecule has 1 heterocycles. The predicted octanol–water partition coefficient (Wildman–Crippen LogP) is 3.48.